The van der Waals surface area contributed by atoms with Crippen LogP contribution in [0, 0.1) is 0 Å². The van der Waals surface area contributed by atoms with Crippen LogP contribution in [0.1, 0.15) is 15.2 Å². The maximum Gasteiger partial charge on any atom is 0.349 e. The number of thiophene rings is 1. The van der Waals surface area contributed by atoms with Crippen LogP contribution in [-0.2, 0) is 6.61 Å². The third kappa shape index (κ3) is 3.05. The van der Waals surface area contributed by atoms with Gasteiger partial charge in [0.2, 0.25) is 0 Å². The number of hydrogen-bond acceptors (Lipinski definition) is 4. The van der Waals surface area contributed by atoms with Gasteiger partial charge in [0.05, 0.1) is 0 Å². The summed E-state index contributed by atoms with van der Waals surface area (Å²) in [6.45, 7) is 0.381. The lowest BCUT2D eigenvalue weighted by atomic mass is 10.2. The summed E-state index contributed by atoms with van der Waals surface area (Å²) >= 11 is 2.85. The average Bonchev–Trinajstić information content (AvgIpc) is 2.85. The Labute approximate surface area is 113 Å². The van der Waals surface area contributed by atoms with Crippen LogP contribution in [0.5, 0.6) is 5.75 Å². The Balaban J connectivity index is 2.02. The van der Waals surface area contributed by atoms with E-state index < -0.39 is 5.97 Å². The molecule has 0 aliphatic rings. The maximum absolute atomic E-state index is 10.9. The van der Waals surface area contributed by atoms with Crippen molar-refractivity contribution in [1.29, 1.82) is 0 Å². The topological polar surface area (TPSA) is 46.5 Å². The number of carboxylic acids is 1. The lowest BCUT2D eigenvalue weighted by molar-refractivity contribution is 0.0697. The number of carboxylic acid groups (broad SMARTS) is 1. The summed E-state index contributed by atoms with van der Waals surface area (Å²) in [6.07, 6.45) is 2.02. The standard InChI is InChI=1S/C13H12O3S2/c1-17-10-4-2-9(3-5-10)8-16-11-6-7-18-12(11)13(14)15/h2-7H,8H2,1H3,(H,14,15). The van der Waals surface area contributed by atoms with Gasteiger partial charge in [0.15, 0.2) is 4.88 Å². The fraction of sp³-hybridized carbons (Fsp3) is 0.154. The van der Waals surface area contributed by atoms with E-state index in [2.05, 4.69) is 0 Å². The molecule has 0 fully saturated rings. The van der Waals surface area contributed by atoms with Crippen LogP contribution in [-0.4, -0.2) is 17.3 Å². The van der Waals surface area contributed by atoms with E-state index in [1.807, 2.05) is 30.5 Å². The van der Waals surface area contributed by atoms with Gasteiger partial charge in [-0.3, -0.25) is 0 Å². The molecule has 5 heteroatoms. The normalized spacial score (nSPS) is 10.3. The molecule has 0 radical (unpaired) electrons. The molecule has 1 aromatic carbocycles. The van der Waals surface area contributed by atoms with Gasteiger partial charge in [0, 0.05) is 4.90 Å². The van der Waals surface area contributed by atoms with Crippen LogP contribution in [0.2, 0.25) is 0 Å². The summed E-state index contributed by atoms with van der Waals surface area (Å²) in [4.78, 5) is 12.3. The van der Waals surface area contributed by atoms with Crippen LogP contribution in [0.3, 0.4) is 0 Å². The third-order valence-corrected chi connectivity index (χ3v) is 4.00. The van der Waals surface area contributed by atoms with E-state index in [9.17, 15) is 4.79 Å². The maximum atomic E-state index is 10.9. The first kappa shape index (κ1) is 13.0. The first-order valence-electron chi connectivity index (χ1n) is 5.27. The summed E-state index contributed by atoms with van der Waals surface area (Å²) in [6, 6.07) is 9.70. The molecule has 0 aliphatic carbocycles. The van der Waals surface area contributed by atoms with Gasteiger partial charge in [-0.15, -0.1) is 23.1 Å². The minimum Gasteiger partial charge on any atom is -0.487 e. The van der Waals surface area contributed by atoms with Crippen molar-refractivity contribution in [2.45, 2.75) is 11.5 Å². The van der Waals surface area contributed by atoms with Crippen molar-refractivity contribution in [2.75, 3.05) is 6.26 Å². The zero-order valence-corrected chi connectivity index (χ0v) is 11.4. The van der Waals surface area contributed by atoms with Crippen molar-refractivity contribution in [3.8, 4) is 5.75 Å². The summed E-state index contributed by atoms with van der Waals surface area (Å²) in [5.74, 6) is -0.515. The average molecular weight is 280 g/mol. The Morgan fingerprint density at radius 3 is 2.67 bits per heavy atom. The van der Waals surface area contributed by atoms with Crippen molar-refractivity contribution >= 4 is 29.1 Å². The van der Waals surface area contributed by atoms with Gasteiger partial charge in [0.1, 0.15) is 12.4 Å². The Morgan fingerprint density at radius 1 is 1.33 bits per heavy atom. The SMILES string of the molecule is CSc1ccc(COc2ccsc2C(=O)O)cc1. The second-order valence-corrected chi connectivity index (χ2v) is 5.35. The minimum absolute atomic E-state index is 0.246. The minimum atomic E-state index is -0.947. The van der Waals surface area contributed by atoms with Crippen molar-refractivity contribution < 1.29 is 14.6 Å². The Bertz CT molecular complexity index is 531. The van der Waals surface area contributed by atoms with Crippen LogP contribution in [0.4, 0.5) is 0 Å². The number of thioether (sulfide) groups is 1. The zero-order chi connectivity index (χ0) is 13.0. The number of hydrogen-bond donors (Lipinski definition) is 1. The smallest absolute Gasteiger partial charge is 0.349 e. The summed E-state index contributed by atoms with van der Waals surface area (Å²) < 4.78 is 5.52. The number of ether oxygens (including phenoxy) is 1. The molecule has 0 aliphatic heterocycles. The predicted molar refractivity (Wildman–Crippen MR) is 73.8 cm³/mol. The van der Waals surface area contributed by atoms with Crippen molar-refractivity contribution in [3.05, 3.63) is 46.2 Å². The number of benzene rings is 1. The van der Waals surface area contributed by atoms with Gasteiger partial charge in [-0.2, -0.15) is 0 Å². The molecule has 1 heterocycles. The summed E-state index contributed by atoms with van der Waals surface area (Å²) in [7, 11) is 0. The largest absolute Gasteiger partial charge is 0.487 e. The summed E-state index contributed by atoms with van der Waals surface area (Å²) in [5, 5.41) is 10.7. The highest BCUT2D eigenvalue weighted by Crippen LogP contribution is 2.25. The van der Waals surface area contributed by atoms with Gasteiger partial charge < -0.3 is 9.84 Å². The molecule has 0 amide bonds. The lowest BCUT2D eigenvalue weighted by Gasteiger charge is -2.06. The van der Waals surface area contributed by atoms with Crippen molar-refractivity contribution in [2.24, 2.45) is 0 Å². The van der Waals surface area contributed by atoms with Crippen LogP contribution < -0.4 is 4.74 Å². The first-order chi connectivity index (χ1) is 8.70. The molecule has 3 nitrogen and oxygen atoms in total. The number of aromatic carboxylic acids is 1. The second kappa shape index (κ2) is 5.93. The van der Waals surface area contributed by atoms with E-state index in [0.29, 0.717) is 12.4 Å². The molecular weight excluding hydrogens is 268 g/mol. The molecule has 0 atom stereocenters. The van der Waals surface area contributed by atoms with Gasteiger partial charge in [-0.05, 0) is 35.4 Å². The molecule has 1 N–H and O–H groups in total. The van der Waals surface area contributed by atoms with Crippen molar-refractivity contribution in [1.82, 2.24) is 0 Å². The van der Waals surface area contributed by atoms with Crippen LogP contribution >= 0.6 is 23.1 Å². The van der Waals surface area contributed by atoms with Gasteiger partial charge >= 0.3 is 5.97 Å². The van der Waals surface area contributed by atoms with Crippen LogP contribution in [0.25, 0.3) is 0 Å². The van der Waals surface area contributed by atoms with Crippen LogP contribution in [0.15, 0.2) is 40.6 Å². The van der Waals surface area contributed by atoms with Gasteiger partial charge in [-0.25, -0.2) is 4.79 Å². The zero-order valence-electron chi connectivity index (χ0n) is 9.75. The molecule has 0 spiro atoms. The van der Waals surface area contributed by atoms with E-state index in [-0.39, 0.29) is 4.88 Å². The molecule has 94 valence electrons. The monoisotopic (exact) mass is 280 g/mol. The second-order valence-electron chi connectivity index (χ2n) is 3.56. The first-order valence-corrected chi connectivity index (χ1v) is 7.37. The highest BCUT2D eigenvalue weighted by molar-refractivity contribution is 7.98. The fourth-order valence-corrected chi connectivity index (χ4v) is 2.53. The summed E-state index contributed by atoms with van der Waals surface area (Å²) in [5.41, 5.74) is 1.02. The van der Waals surface area contributed by atoms with E-state index >= 15 is 0 Å². The molecule has 0 saturated carbocycles. The van der Waals surface area contributed by atoms with E-state index in [1.54, 1.807) is 23.2 Å². The molecular formula is C13H12O3S2. The molecule has 2 aromatic rings. The fourth-order valence-electron chi connectivity index (χ4n) is 1.45. The number of rotatable bonds is 5. The molecule has 2 rings (SSSR count). The predicted octanol–water partition coefficient (Wildman–Crippen LogP) is 3.75. The van der Waals surface area contributed by atoms with Gasteiger partial charge in [-0.1, -0.05) is 12.1 Å². The van der Waals surface area contributed by atoms with E-state index in [4.69, 9.17) is 9.84 Å². The quantitative estimate of drug-likeness (QED) is 0.847. The lowest BCUT2D eigenvalue weighted by Crippen LogP contribution is -1.99. The molecule has 0 saturated heterocycles. The molecule has 1 aromatic heterocycles. The molecule has 0 bridgehead atoms. The van der Waals surface area contributed by atoms with E-state index in [0.717, 1.165) is 5.56 Å². The van der Waals surface area contributed by atoms with E-state index in [1.165, 1.54) is 16.2 Å². The Hall–Kier alpha value is -1.46. The third-order valence-electron chi connectivity index (χ3n) is 2.38. The Kier molecular flexibility index (Phi) is 4.28. The Morgan fingerprint density at radius 2 is 2.06 bits per heavy atom. The highest BCUT2D eigenvalue weighted by Gasteiger charge is 2.12. The number of carbonyl (C=O) groups is 1. The molecule has 18 heavy (non-hydrogen) atoms. The van der Waals surface area contributed by atoms with Crippen molar-refractivity contribution in [3.63, 3.8) is 0 Å². The molecule has 0 unspecified atom stereocenters. The van der Waals surface area contributed by atoms with Gasteiger partial charge in [0.25, 0.3) is 0 Å². The highest BCUT2D eigenvalue weighted by atomic mass is 32.2.